The summed E-state index contributed by atoms with van der Waals surface area (Å²) in [5.41, 5.74) is 1.81. The molecule has 0 amide bonds. The largest absolute Gasteiger partial charge is 0.466 e. The van der Waals surface area contributed by atoms with E-state index >= 15 is 0 Å². The van der Waals surface area contributed by atoms with Gasteiger partial charge in [-0.25, -0.2) is 13.8 Å². The first kappa shape index (κ1) is 17.3. The lowest BCUT2D eigenvalue weighted by Crippen LogP contribution is -2.19. The Morgan fingerprint density at radius 2 is 2.05 bits per heavy atom. The number of ether oxygens (including phenoxy) is 1. The van der Waals surface area contributed by atoms with Gasteiger partial charge in [0.15, 0.2) is 0 Å². The van der Waals surface area contributed by atoms with E-state index in [1.54, 1.807) is 0 Å². The van der Waals surface area contributed by atoms with Gasteiger partial charge in [-0.15, -0.1) is 0 Å². The molecule has 0 saturated heterocycles. The summed E-state index contributed by atoms with van der Waals surface area (Å²) < 4.78 is 68.8. The van der Waals surface area contributed by atoms with Crippen molar-refractivity contribution in [2.24, 2.45) is 5.73 Å². The van der Waals surface area contributed by atoms with Crippen LogP contribution >= 0.6 is 0 Å². The van der Waals surface area contributed by atoms with Crippen LogP contribution in [0.4, 0.5) is 22.0 Å². The van der Waals surface area contributed by atoms with E-state index in [1.165, 1.54) is 6.92 Å². The van der Waals surface area contributed by atoms with Crippen molar-refractivity contribution in [3.05, 3.63) is 28.6 Å². The third-order valence-corrected chi connectivity index (χ3v) is 2.55. The van der Waals surface area contributed by atoms with Crippen molar-refractivity contribution in [3.63, 3.8) is 0 Å². The van der Waals surface area contributed by atoms with E-state index in [4.69, 9.17) is 5.73 Å². The van der Waals surface area contributed by atoms with E-state index in [1.807, 2.05) is 0 Å². The Morgan fingerprint density at radius 3 is 2.48 bits per heavy atom. The van der Waals surface area contributed by atoms with Crippen molar-refractivity contribution in [1.29, 1.82) is 0 Å². The number of halogens is 5. The molecule has 0 aliphatic heterocycles. The van der Waals surface area contributed by atoms with E-state index in [0.717, 1.165) is 0 Å². The number of nitrogens with zero attached hydrogens (tertiary/aromatic N) is 1. The first-order valence-electron chi connectivity index (χ1n) is 5.94. The predicted molar refractivity (Wildman–Crippen MR) is 62.4 cm³/mol. The van der Waals surface area contributed by atoms with E-state index < -0.39 is 54.1 Å². The zero-order valence-electron chi connectivity index (χ0n) is 11.0. The molecule has 0 atom stereocenters. The molecule has 0 unspecified atom stereocenters. The van der Waals surface area contributed by atoms with Gasteiger partial charge in [0.2, 0.25) is 0 Å². The average Bonchev–Trinajstić information content (AvgIpc) is 2.37. The second-order valence-electron chi connectivity index (χ2n) is 4.02. The van der Waals surface area contributed by atoms with Crippen LogP contribution in [0.3, 0.4) is 0 Å². The third kappa shape index (κ3) is 4.35. The van der Waals surface area contributed by atoms with Gasteiger partial charge in [-0.3, -0.25) is 4.79 Å². The number of rotatable bonds is 5. The first-order chi connectivity index (χ1) is 9.70. The normalized spacial score (nSPS) is 11.8. The SMILES string of the molecule is CCOC(=O)Cc1nc(C(F)(F)F)c(CN)cc1C(F)F. The van der Waals surface area contributed by atoms with Crippen LogP contribution in [0, 0.1) is 0 Å². The van der Waals surface area contributed by atoms with Crippen LogP contribution in [0.1, 0.15) is 35.9 Å². The summed E-state index contributed by atoms with van der Waals surface area (Å²) in [5, 5.41) is 0. The Labute approximate surface area is 117 Å². The van der Waals surface area contributed by atoms with E-state index in [9.17, 15) is 26.7 Å². The van der Waals surface area contributed by atoms with Crippen LogP contribution in [0.5, 0.6) is 0 Å². The lowest BCUT2D eigenvalue weighted by Gasteiger charge is -2.15. The molecule has 118 valence electrons. The highest BCUT2D eigenvalue weighted by molar-refractivity contribution is 5.72. The fourth-order valence-electron chi connectivity index (χ4n) is 1.69. The number of carbonyl (C=O) groups excluding carboxylic acids is 1. The van der Waals surface area contributed by atoms with Crippen LogP contribution in [0.15, 0.2) is 6.07 Å². The zero-order valence-corrected chi connectivity index (χ0v) is 11.0. The number of carbonyl (C=O) groups is 1. The molecule has 0 aliphatic rings. The fourth-order valence-corrected chi connectivity index (χ4v) is 1.69. The average molecular weight is 312 g/mol. The third-order valence-electron chi connectivity index (χ3n) is 2.55. The van der Waals surface area contributed by atoms with Gasteiger partial charge in [0.25, 0.3) is 6.43 Å². The maximum Gasteiger partial charge on any atom is 0.433 e. The molecule has 0 saturated carbocycles. The number of pyridine rings is 1. The predicted octanol–water partition coefficient (Wildman–Crippen LogP) is 2.60. The number of hydrogen-bond donors (Lipinski definition) is 1. The van der Waals surface area contributed by atoms with Crippen molar-refractivity contribution in [2.75, 3.05) is 6.61 Å². The fraction of sp³-hybridized carbons (Fsp3) is 0.500. The summed E-state index contributed by atoms with van der Waals surface area (Å²) in [6, 6.07) is 0.634. The molecule has 1 aromatic rings. The summed E-state index contributed by atoms with van der Waals surface area (Å²) >= 11 is 0. The number of esters is 1. The zero-order chi connectivity index (χ0) is 16.2. The number of aromatic nitrogens is 1. The van der Waals surface area contributed by atoms with Crippen LogP contribution in [0.2, 0.25) is 0 Å². The Morgan fingerprint density at radius 1 is 1.43 bits per heavy atom. The Kier molecular flexibility index (Phi) is 5.59. The Balaban J connectivity index is 3.35. The van der Waals surface area contributed by atoms with E-state index in [-0.39, 0.29) is 6.61 Å². The van der Waals surface area contributed by atoms with E-state index in [2.05, 4.69) is 9.72 Å². The van der Waals surface area contributed by atoms with Gasteiger partial charge < -0.3 is 10.5 Å². The van der Waals surface area contributed by atoms with Gasteiger partial charge >= 0.3 is 12.1 Å². The first-order valence-corrected chi connectivity index (χ1v) is 5.94. The molecule has 9 heteroatoms. The Hall–Kier alpha value is -1.77. The summed E-state index contributed by atoms with van der Waals surface area (Å²) in [5.74, 6) is -0.930. The molecule has 21 heavy (non-hydrogen) atoms. The topological polar surface area (TPSA) is 65.2 Å². The highest BCUT2D eigenvalue weighted by Gasteiger charge is 2.36. The highest BCUT2D eigenvalue weighted by atomic mass is 19.4. The number of hydrogen-bond acceptors (Lipinski definition) is 4. The van der Waals surface area contributed by atoms with Crippen LogP contribution in [-0.4, -0.2) is 17.6 Å². The molecule has 0 spiro atoms. The molecule has 4 nitrogen and oxygen atoms in total. The minimum Gasteiger partial charge on any atom is -0.466 e. The van der Waals surface area contributed by atoms with Gasteiger partial charge in [0.1, 0.15) is 5.69 Å². The number of nitrogens with two attached hydrogens (primary N) is 1. The molecule has 1 aromatic heterocycles. The summed E-state index contributed by atoms with van der Waals surface area (Å²) in [6.07, 6.45) is -8.69. The minimum absolute atomic E-state index is 0.0180. The molecular weight excluding hydrogens is 299 g/mol. The Bertz CT molecular complexity index is 517. The maximum absolute atomic E-state index is 12.9. The molecule has 0 radical (unpaired) electrons. The summed E-state index contributed by atoms with van der Waals surface area (Å²) in [6.45, 7) is 0.870. The molecule has 0 bridgehead atoms. The maximum atomic E-state index is 12.9. The van der Waals surface area contributed by atoms with Crippen molar-refractivity contribution >= 4 is 5.97 Å². The molecule has 0 aliphatic carbocycles. The van der Waals surface area contributed by atoms with Gasteiger partial charge in [0.05, 0.1) is 18.7 Å². The lowest BCUT2D eigenvalue weighted by atomic mass is 10.1. The number of alkyl halides is 5. The molecular formula is C12H13F5N2O2. The van der Waals surface area contributed by atoms with Crippen LogP contribution < -0.4 is 5.73 Å². The standard InChI is InChI=1S/C12H13F5N2O2/c1-2-21-9(20)4-8-7(11(13)14)3-6(5-18)10(19-8)12(15,16)17/h3,11H,2,4-5,18H2,1H3. The summed E-state index contributed by atoms with van der Waals surface area (Å²) in [7, 11) is 0. The smallest absolute Gasteiger partial charge is 0.433 e. The highest BCUT2D eigenvalue weighted by Crippen LogP contribution is 2.33. The van der Waals surface area contributed by atoms with Crippen molar-refractivity contribution in [2.45, 2.75) is 32.5 Å². The van der Waals surface area contributed by atoms with Crippen molar-refractivity contribution in [1.82, 2.24) is 4.98 Å². The molecule has 0 aromatic carbocycles. The second kappa shape index (κ2) is 6.79. The molecule has 2 N–H and O–H groups in total. The lowest BCUT2D eigenvalue weighted by molar-refractivity contribution is -0.144. The van der Waals surface area contributed by atoms with E-state index in [0.29, 0.717) is 6.07 Å². The van der Waals surface area contributed by atoms with Crippen molar-refractivity contribution < 1.29 is 31.5 Å². The summed E-state index contributed by atoms with van der Waals surface area (Å²) in [4.78, 5) is 14.5. The molecule has 1 rings (SSSR count). The molecule has 0 fully saturated rings. The monoisotopic (exact) mass is 312 g/mol. The molecule has 1 heterocycles. The van der Waals surface area contributed by atoms with Gasteiger partial charge in [0, 0.05) is 12.1 Å². The van der Waals surface area contributed by atoms with Gasteiger partial charge in [-0.05, 0) is 18.6 Å². The van der Waals surface area contributed by atoms with Crippen LogP contribution in [0.25, 0.3) is 0 Å². The second-order valence-corrected chi connectivity index (χ2v) is 4.02. The quantitative estimate of drug-likeness (QED) is 0.670. The van der Waals surface area contributed by atoms with Crippen LogP contribution in [-0.2, 0) is 28.7 Å². The van der Waals surface area contributed by atoms with Gasteiger partial charge in [-0.2, -0.15) is 13.2 Å². The van der Waals surface area contributed by atoms with Gasteiger partial charge in [-0.1, -0.05) is 0 Å². The van der Waals surface area contributed by atoms with Crippen molar-refractivity contribution in [3.8, 4) is 0 Å². The minimum atomic E-state index is -4.85.